The van der Waals surface area contributed by atoms with Crippen molar-refractivity contribution in [2.45, 2.75) is 126 Å². The van der Waals surface area contributed by atoms with Crippen LogP contribution in [-0.2, 0) is 35.5 Å². The highest BCUT2D eigenvalue weighted by Crippen LogP contribution is 2.59. The molecule has 324 valence electrons. The molecule has 0 N–H and O–H groups in total. The maximum absolute atomic E-state index is 13.5. The van der Waals surface area contributed by atoms with Crippen molar-refractivity contribution in [2.75, 3.05) is 0 Å². The molecule has 0 nitrogen and oxygen atoms in total. The Morgan fingerprint density at radius 3 is 0.964 bits per heavy atom. The van der Waals surface area contributed by atoms with Crippen LogP contribution in [0, 0.1) is 0 Å². The van der Waals surface area contributed by atoms with E-state index in [1.54, 1.807) is 0 Å². The van der Waals surface area contributed by atoms with Crippen LogP contribution in [0.5, 0.6) is 0 Å². The maximum Gasteiger partial charge on any atom is 0.417 e. The van der Waals surface area contributed by atoms with E-state index in [9.17, 15) is 105 Å². The van der Waals surface area contributed by atoms with Crippen molar-refractivity contribution >= 4 is 0 Å². The summed E-state index contributed by atoms with van der Waals surface area (Å²) in [6.45, 7) is 3.63. The highest BCUT2D eigenvalue weighted by molar-refractivity contribution is 5.51. The molecule has 0 heterocycles. The van der Waals surface area contributed by atoms with E-state index >= 15 is 0 Å². The number of halogens is 24. The van der Waals surface area contributed by atoms with Crippen LogP contribution >= 0.6 is 0 Å². The Kier molecular flexibility index (Phi) is 14.1. The highest BCUT2D eigenvalue weighted by atomic mass is 19.4. The van der Waals surface area contributed by atoms with Crippen molar-refractivity contribution in [2.24, 2.45) is 0 Å². The lowest BCUT2D eigenvalue weighted by Gasteiger charge is -2.38. The standard InChI is InChI=1S/2C16H14F12/c1-4-7(2)8-5-9(13(17,18)19)11(10(6-8)14(20,21)22)12(3,15(23,24)25)16(26,27)28;1-4-7(2)8-5-6-9(12(3,15(23,24)25)16(26,27)28)11(14(20,21)22)10(8)13(17,18)19/h2*5-7H,4H2,1-3H3. The Morgan fingerprint density at radius 1 is 0.393 bits per heavy atom. The Bertz CT molecular complexity index is 1590. The molecule has 0 aliphatic rings. The fourth-order valence-electron chi connectivity index (χ4n) is 5.35. The first kappa shape index (κ1) is 50.8. The van der Waals surface area contributed by atoms with E-state index in [1.165, 1.54) is 20.8 Å². The van der Waals surface area contributed by atoms with Crippen LogP contribution in [0.15, 0.2) is 24.3 Å². The molecule has 0 fully saturated rings. The molecule has 2 rings (SSSR count). The third kappa shape index (κ3) is 9.71. The van der Waals surface area contributed by atoms with Gasteiger partial charge in [0.2, 0.25) is 0 Å². The molecule has 0 bridgehead atoms. The highest BCUT2D eigenvalue weighted by Gasteiger charge is 2.72. The van der Waals surface area contributed by atoms with Crippen molar-refractivity contribution in [3.63, 3.8) is 0 Å². The van der Waals surface area contributed by atoms with Gasteiger partial charge in [0.05, 0.1) is 22.3 Å². The smallest absolute Gasteiger partial charge is 0.170 e. The fourth-order valence-corrected chi connectivity index (χ4v) is 5.35. The zero-order valence-corrected chi connectivity index (χ0v) is 28.9. The monoisotopic (exact) mass is 868 g/mol. The molecule has 2 aromatic carbocycles. The first-order valence-electron chi connectivity index (χ1n) is 15.3. The number of hydrogen-bond acceptors (Lipinski definition) is 0. The van der Waals surface area contributed by atoms with E-state index in [-0.39, 0.29) is 37.1 Å². The van der Waals surface area contributed by atoms with Crippen LogP contribution in [0.4, 0.5) is 105 Å². The normalized spacial score (nSPS) is 15.7. The van der Waals surface area contributed by atoms with E-state index in [1.807, 2.05) is 0 Å². The van der Waals surface area contributed by atoms with Crippen LogP contribution in [0.25, 0.3) is 0 Å². The van der Waals surface area contributed by atoms with Gasteiger partial charge in [-0.1, -0.05) is 39.8 Å². The average molecular weight is 869 g/mol. The van der Waals surface area contributed by atoms with Gasteiger partial charge in [0.25, 0.3) is 0 Å². The Labute approximate surface area is 301 Å². The molecule has 2 atom stereocenters. The van der Waals surface area contributed by atoms with Gasteiger partial charge in [-0.3, -0.25) is 0 Å². The third-order valence-corrected chi connectivity index (χ3v) is 9.21. The summed E-state index contributed by atoms with van der Waals surface area (Å²) in [7, 11) is 0. The second-order valence-corrected chi connectivity index (χ2v) is 12.8. The predicted molar refractivity (Wildman–Crippen MR) is 149 cm³/mol. The van der Waals surface area contributed by atoms with E-state index in [0.717, 1.165) is 6.92 Å². The van der Waals surface area contributed by atoms with Crippen molar-refractivity contribution in [3.8, 4) is 0 Å². The van der Waals surface area contributed by atoms with Crippen LogP contribution in [0.1, 0.15) is 111 Å². The van der Waals surface area contributed by atoms with Crippen LogP contribution in [-0.4, -0.2) is 24.7 Å². The summed E-state index contributed by atoms with van der Waals surface area (Å²) >= 11 is 0. The quantitative estimate of drug-likeness (QED) is 0.254. The second-order valence-electron chi connectivity index (χ2n) is 12.8. The van der Waals surface area contributed by atoms with Crippen LogP contribution in [0.2, 0.25) is 0 Å². The number of alkyl halides is 24. The first-order chi connectivity index (χ1) is 24.4. The molecule has 0 saturated heterocycles. The minimum atomic E-state index is -6.48. The maximum atomic E-state index is 13.5. The topological polar surface area (TPSA) is 0 Å². The van der Waals surface area contributed by atoms with E-state index in [0.29, 0.717) is 0 Å². The van der Waals surface area contributed by atoms with E-state index < -0.39 is 130 Å². The lowest BCUT2D eigenvalue weighted by atomic mass is 9.74. The van der Waals surface area contributed by atoms with E-state index in [2.05, 4.69) is 0 Å². The Hall–Kier alpha value is -3.24. The Morgan fingerprint density at radius 2 is 0.714 bits per heavy atom. The third-order valence-electron chi connectivity index (χ3n) is 9.21. The molecule has 0 amide bonds. The van der Waals surface area contributed by atoms with Gasteiger partial charge >= 0.3 is 49.4 Å². The van der Waals surface area contributed by atoms with Gasteiger partial charge in [-0.15, -0.1) is 0 Å². The molecule has 56 heavy (non-hydrogen) atoms. The summed E-state index contributed by atoms with van der Waals surface area (Å²) in [5, 5.41) is 0. The molecule has 0 aliphatic carbocycles. The number of benzene rings is 2. The van der Waals surface area contributed by atoms with E-state index in [4.69, 9.17) is 0 Å². The SMILES string of the molecule is CCC(C)c1cc(C(F)(F)F)c(C(C)(C(F)(F)F)C(F)(F)F)c(C(F)(F)F)c1.CCC(C)c1ccc(C(C)(C(F)(F)F)C(F)(F)F)c(C(F)(F)F)c1C(F)(F)F. The predicted octanol–water partition coefficient (Wildman–Crippen LogP) is 15.2. The van der Waals surface area contributed by atoms with Gasteiger partial charge in [-0.2, -0.15) is 105 Å². The van der Waals surface area contributed by atoms with Gasteiger partial charge < -0.3 is 0 Å². The van der Waals surface area contributed by atoms with Gasteiger partial charge in [0.15, 0.2) is 10.8 Å². The molecule has 24 heteroatoms. The zero-order chi connectivity index (χ0) is 45.0. The summed E-state index contributed by atoms with van der Waals surface area (Å²) in [5.74, 6) is -2.17. The van der Waals surface area contributed by atoms with Crippen LogP contribution < -0.4 is 0 Å². The fraction of sp³-hybridized carbons (Fsp3) is 0.625. The largest absolute Gasteiger partial charge is 0.417 e. The zero-order valence-electron chi connectivity index (χ0n) is 28.9. The van der Waals surface area contributed by atoms with Gasteiger partial charge in [-0.05, 0) is 67.3 Å². The average Bonchev–Trinajstić information content (AvgIpc) is 2.98. The molecule has 0 aromatic heterocycles. The van der Waals surface area contributed by atoms with Gasteiger partial charge in [0.1, 0.15) is 0 Å². The number of hydrogen-bond donors (Lipinski definition) is 0. The molecule has 0 radical (unpaired) electrons. The summed E-state index contributed by atoms with van der Waals surface area (Å²) in [4.78, 5) is 0. The molecule has 0 spiro atoms. The first-order valence-corrected chi connectivity index (χ1v) is 15.3. The molecule has 2 unspecified atom stereocenters. The molecule has 2 aromatic rings. The van der Waals surface area contributed by atoms with Gasteiger partial charge in [-0.25, -0.2) is 0 Å². The minimum Gasteiger partial charge on any atom is -0.170 e. The minimum absolute atomic E-state index is 0.00372. The lowest BCUT2D eigenvalue weighted by Crippen LogP contribution is -2.53. The molecular formula is C32H28F24. The summed E-state index contributed by atoms with van der Waals surface area (Å²) in [6.07, 6.45) is -49.5. The summed E-state index contributed by atoms with van der Waals surface area (Å²) in [6, 6.07) is -0.0687. The van der Waals surface area contributed by atoms with Crippen molar-refractivity contribution in [1.82, 2.24) is 0 Å². The lowest BCUT2D eigenvalue weighted by molar-refractivity contribution is -0.300. The second kappa shape index (κ2) is 15.5. The molecule has 0 saturated carbocycles. The summed E-state index contributed by atoms with van der Waals surface area (Å²) in [5.41, 5.74) is -28.5. The van der Waals surface area contributed by atoms with Crippen molar-refractivity contribution in [1.29, 1.82) is 0 Å². The summed E-state index contributed by atoms with van der Waals surface area (Å²) < 4.78 is 320. The van der Waals surface area contributed by atoms with Crippen molar-refractivity contribution < 1.29 is 105 Å². The van der Waals surface area contributed by atoms with Crippen LogP contribution in [0.3, 0.4) is 0 Å². The van der Waals surface area contributed by atoms with Crippen molar-refractivity contribution in [3.05, 3.63) is 68.8 Å². The Balaban J connectivity index is 0.000000560. The van der Waals surface area contributed by atoms with Gasteiger partial charge in [0, 0.05) is 5.56 Å². The molecule has 0 aliphatic heterocycles. The molecular weight excluding hydrogens is 840 g/mol. The number of rotatable bonds is 6.